The Kier molecular flexibility index (Phi) is 11.7. The van der Waals surface area contributed by atoms with Crippen molar-refractivity contribution < 1.29 is 28.4 Å². The van der Waals surface area contributed by atoms with Gasteiger partial charge in [0.05, 0.1) is 35.7 Å². The van der Waals surface area contributed by atoms with Crippen LogP contribution >= 0.6 is 0 Å². The van der Waals surface area contributed by atoms with Gasteiger partial charge in [-0.05, 0) is 48.6 Å². The summed E-state index contributed by atoms with van der Waals surface area (Å²) in [7, 11) is 0. The number of fused-ring (bicyclic) bond motifs is 2. The van der Waals surface area contributed by atoms with E-state index in [0.29, 0.717) is 37.0 Å². The minimum absolute atomic E-state index is 0.0614. The van der Waals surface area contributed by atoms with Gasteiger partial charge in [-0.3, -0.25) is 39.3 Å². The molecule has 1 atom stereocenters. The molecule has 14 heteroatoms. The van der Waals surface area contributed by atoms with Crippen LogP contribution in [-0.4, -0.2) is 73.6 Å². The minimum atomic E-state index is -0.537. The molecule has 0 radical (unpaired) electrons. The first-order chi connectivity index (χ1) is 26.6. The van der Waals surface area contributed by atoms with Gasteiger partial charge < -0.3 is 20.1 Å². The number of benzene rings is 2. The van der Waals surface area contributed by atoms with Crippen molar-refractivity contribution in [2.24, 2.45) is 0 Å². The molecule has 5 aromatic rings. The van der Waals surface area contributed by atoms with E-state index in [9.17, 15) is 28.4 Å². The molecule has 3 N–H and O–H groups in total. The number of nitrogens with zero attached hydrogens (tertiary/aromatic N) is 5. The number of piperidine rings is 1. The van der Waals surface area contributed by atoms with E-state index in [1.165, 1.54) is 0 Å². The number of imide groups is 1. The van der Waals surface area contributed by atoms with Crippen molar-refractivity contribution in [1.82, 2.24) is 40.4 Å². The van der Waals surface area contributed by atoms with Crippen LogP contribution in [0.4, 0.5) is 4.39 Å². The number of amides is 5. The predicted molar refractivity (Wildman–Crippen MR) is 202 cm³/mol. The third-order valence-electron chi connectivity index (χ3n) is 9.42. The van der Waals surface area contributed by atoms with Crippen LogP contribution in [0.5, 0.6) is 0 Å². The Labute approximate surface area is 316 Å². The van der Waals surface area contributed by atoms with Gasteiger partial charge in [-0.1, -0.05) is 49.1 Å². The van der Waals surface area contributed by atoms with Crippen LogP contribution in [0.1, 0.15) is 59.8 Å². The summed E-state index contributed by atoms with van der Waals surface area (Å²) >= 11 is 0. The first-order valence-corrected chi connectivity index (χ1v) is 17.8. The lowest BCUT2D eigenvalue weighted by molar-refractivity contribution is -0.136. The van der Waals surface area contributed by atoms with Crippen LogP contribution in [0.2, 0.25) is 0 Å². The zero-order valence-corrected chi connectivity index (χ0v) is 30.6. The van der Waals surface area contributed by atoms with Crippen LogP contribution in [0, 0.1) is 24.6 Å². The molecule has 3 aromatic heterocycles. The van der Waals surface area contributed by atoms with Gasteiger partial charge >= 0.3 is 0 Å². The summed E-state index contributed by atoms with van der Waals surface area (Å²) in [6.07, 6.45) is 5.42. The van der Waals surface area contributed by atoms with E-state index in [4.69, 9.17) is 9.97 Å². The van der Waals surface area contributed by atoms with Gasteiger partial charge in [-0.25, -0.2) is 9.37 Å². The molecule has 2 aliphatic rings. The highest BCUT2D eigenvalue weighted by atomic mass is 19.1. The van der Waals surface area contributed by atoms with Gasteiger partial charge in [0.15, 0.2) is 0 Å². The molecule has 0 bridgehead atoms. The molecule has 0 saturated carbocycles. The second-order valence-corrected chi connectivity index (χ2v) is 13.0. The second kappa shape index (κ2) is 16.9. The Morgan fingerprint density at radius 1 is 1.07 bits per heavy atom. The summed E-state index contributed by atoms with van der Waals surface area (Å²) in [5.74, 6) is 5.20. The summed E-state index contributed by atoms with van der Waals surface area (Å²) in [6.45, 7) is 7.40. The van der Waals surface area contributed by atoms with E-state index in [1.54, 1.807) is 44.3 Å². The van der Waals surface area contributed by atoms with Crippen molar-refractivity contribution in [1.29, 1.82) is 0 Å². The van der Waals surface area contributed by atoms with Crippen LogP contribution in [0.15, 0.2) is 67.0 Å². The summed E-state index contributed by atoms with van der Waals surface area (Å²) in [4.78, 5) is 72.0. The molecule has 1 unspecified atom stereocenters. The number of hydrogen-bond donors (Lipinski definition) is 3. The minimum Gasteiger partial charge on any atom is -0.347 e. The van der Waals surface area contributed by atoms with Crippen LogP contribution in [-0.2, 0) is 38.7 Å². The maximum Gasteiger partial charge on any atom is 0.270 e. The smallest absolute Gasteiger partial charge is 0.270 e. The van der Waals surface area contributed by atoms with Gasteiger partial charge in [0, 0.05) is 61.8 Å². The maximum absolute atomic E-state index is 14.1. The molecule has 7 rings (SSSR count). The predicted octanol–water partition coefficient (Wildman–Crippen LogP) is 3.85. The molecular formula is C41H39FN8O5. The molecule has 1 fully saturated rings. The van der Waals surface area contributed by atoms with E-state index in [2.05, 4.69) is 50.3 Å². The zero-order chi connectivity index (χ0) is 39.1. The van der Waals surface area contributed by atoms with Crippen molar-refractivity contribution in [2.75, 3.05) is 13.1 Å². The highest BCUT2D eigenvalue weighted by Crippen LogP contribution is 2.34. The second-order valence-electron chi connectivity index (χ2n) is 13.0. The number of halogens is 1. The topological polar surface area (TPSA) is 168 Å². The first kappa shape index (κ1) is 38.0. The van der Waals surface area contributed by atoms with E-state index < -0.39 is 11.9 Å². The Morgan fingerprint density at radius 2 is 1.89 bits per heavy atom. The van der Waals surface area contributed by atoms with Crippen molar-refractivity contribution in [3.05, 3.63) is 101 Å². The van der Waals surface area contributed by atoms with Gasteiger partial charge in [-0.15, -0.1) is 0 Å². The highest BCUT2D eigenvalue weighted by molar-refractivity contribution is 6.01. The highest BCUT2D eigenvalue weighted by Gasteiger charge is 2.27. The number of pyridine rings is 2. The van der Waals surface area contributed by atoms with Crippen molar-refractivity contribution in [3.8, 4) is 34.4 Å². The number of imidazole rings is 1. The maximum atomic E-state index is 14.1. The number of aromatic nitrogens is 4. The monoisotopic (exact) mass is 742 g/mol. The van der Waals surface area contributed by atoms with Crippen LogP contribution < -0.4 is 16.0 Å². The number of carbonyl (C=O) groups excluding carboxylic acids is 5. The molecule has 2 aliphatic heterocycles. The SMILES string of the molecule is CCc1nc(-c2cccc3cc(-c4ccc(C(=O)NCC#Cc5cccc(C)c5F)nc4)ncc23)c2n1CCN(C(C)=O)C2.O=CNC1CCC(=O)NC1=O. The summed E-state index contributed by atoms with van der Waals surface area (Å²) in [6, 6.07) is 16.0. The fourth-order valence-corrected chi connectivity index (χ4v) is 6.45. The molecule has 5 amide bonds. The van der Waals surface area contributed by atoms with Gasteiger partial charge in [-0.2, -0.15) is 0 Å². The number of aryl methyl sites for hydroxylation is 2. The molecule has 13 nitrogen and oxygen atoms in total. The lowest BCUT2D eigenvalue weighted by atomic mass is 10.0. The van der Waals surface area contributed by atoms with E-state index in [-0.39, 0.29) is 42.2 Å². The Morgan fingerprint density at radius 3 is 2.62 bits per heavy atom. The lowest BCUT2D eigenvalue weighted by Crippen LogP contribution is -2.50. The van der Waals surface area contributed by atoms with Gasteiger partial charge in [0.2, 0.25) is 24.1 Å². The Bertz CT molecular complexity index is 2360. The Balaban J connectivity index is 0.000000403. The zero-order valence-electron chi connectivity index (χ0n) is 30.6. The molecule has 280 valence electrons. The summed E-state index contributed by atoms with van der Waals surface area (Å²) < 4.78 is 16.4. The first-order valence-electron chi connectivity index (χ1n) is 17.8. The summed E-state index contributed by atoms with van der Waals surface area (Å²) in [5, 5.41) is 9.09. The molecule has 55 heavy (non-hydrogen) atoms. The van der Waals surface area contributed by atoms with E-state index in [1.807, 2.05) is 35.4 Å². The molecule has 2 aromatic carbocycles. The van der Waals surface area contributed by atoms with E-state index in [0.717, 1.165) is 57.8 Å². The normalized spacial score (nSPS) is 14.8. The molecule has 5 heterocycles. The number of rotatable bonds is 7. The average Bonchev–Trinajstić information content (AvgIpc) is 3.57. The van der Waals surface area contributed by atoms with E-state index >= 15 is 0 Å². The van der Waals surface area contributed by atoms with Gasteiger partial charge in [0.1, 0.15) is 23.4 Å². The number of carbonyl (C=O) groups is 5. The standard InChI is InChI=1S/C35H31FN6O2.C6H8N2O3/c1-4-32-40-34(31-21-41(23(3)43)16-17-42(31)32)27-12-6-10-25-18-30(39-20-28(25)27)26-13-14-29(38-19-26)35(44)37-15-7-11-24-9-5-8-22(2)33(24)36;9-3-7-4-1-2-5(10)8-6(4)11/h5-6,8-10,12-14,18-20H,4,15-17,21H2,1-3H3,(H,37,44);3-4H,1-2H2,(H,7,9)(H,8,10,11). The molecule has 0 aliphatic carbocycles. The van der Waals surface area contributed by atoms with Crippen LogP contribution in [0.3, 0.4) is 0 Å². The van der Waals surface area contributed by atoms with Crippen LogP contribution in [0.25, 0.3) is 33.3 Å². The Hall–Kier alpha value is -6.75. The average molecular weight is 743 g/mol. The molecule has 1 saturated heterocycles. The quantitative estimate of drug-likeness (QED) is 0.128. The number of hydrogen-bond acceptors (Lipinski definition) is 8. The molecule has 0 spiro atoms. The largest absolute Gasteiger partial charge is 0.347 e. The van der Waals surface area contributed by atoms with Crippen molar-refractivity contribution in [2.45, 2.75) is 59.2 Å². The van der Waals surface area contributed by atoms with Crippen molar-refractivity contribution in [3.63, 3.8) is 0 Å². The summed E-state index contributed by atoms with van der Waals surface area (Å²) in [5.41, 5.74) is 5.48. The van der Waals surface area contributed by atoms with Gasteiger partial charge in [0.25, 0.3) is 5.91 Å². The third-order valence-corrected chi connectivity index (χ3v) is 9.42. The molecular weight excluding hydrogens is 704 g/mol. The fourth-order valence-electron chi connectivity index (χ4n) is 6.45. The van der Waals surface area contributed by atoms with Crippen molar-refractivity contribution >= 4 is 40.8 Å². The fraction of sp³-hybridized carbons (Fsp3) is 0.268. The number of nitrogens with one attached hydrogen (secondary N) is 3. The lowest BCUT2D eigenvalue weighted by Gasteiger charge is -2.28. The third kappa shape index (κ3) is 8.57.